The van der Waals surface area contributed by atoms with Gasteiger partial charge in [-0.3, -0.25) is 4.79 Å². The molecule has 1 aromatic rings. The molecule has 1 aromatic carbocycles. The van der Waals surface area contributed by atoms with E-state index in [0.29, 0.717) is 28.0 Å². The van der Waals surface area contributed by atoms with Crippen molar-refractivity contribution in [3.05, 3.63) is 52.6 Å². The van der Waals surface area contributed by atoms with E-state index in [1.165, 1.54) is 13.2 Å². The van der Waals surface area contributed by atoms with E-state index in [0.717, 1.165) is 0 Å². The van der Waals surface area contributed by atoms with Crippen LogP contribution in [0.15, 0.2) is 41.5 Å². The maximum atomic E-state index is 12.7. The molecule has 26 heavy (non-hydrogen) atoms. The molecule has 0 spiro atoms. The zero-order valence-corrected chi connectivity index (χ0v) is 14.6. The number of carbonyl (C=O) groups excluding carboxylic acids is 1. The van der Waals surface area contributed by atoms with Crippen LogP contribution in [0.3, 0.4) is 0 Å². The second-order valence-corrected chi connectivity index (χ2v) is 7.72. The molecular weight excluding hydrogens is 336 g/mol. The van der Waals surface area contributed by atoms with Crippen LogP contribution in [-0.4, -0.2) is 44.5 Å². The molecule has 6 heteroatoms. The van der Waals surface area contributed by atoms with E-state index in [1.54, 1.807) is 31.2 Å². The van der Waals surface area contributed by atoms with Crippen LogP contribution in [-0.2, 0) is 4.79 Å². The summed E-state index contributed by atoms with van der Waals surface area (Å²) in [6.07, 6.45) is 0.630. The molecule has 138 valence electrons. The van der Waals surface area contributed by atoms with E-state index in [9.17, 15) is 25.2 Å². The number of rotatable bonds is 1. The van der Waals surface area contributed by atoms with Gasteiger partial charge >= 0.3 is 0 Å². The van der Waals surface area contributed by atoms with Crippen LogP contribution in [0.25, 0.3) is 0 Å². The van der Waals surface area contributed by atoms with Crippen LogP contribution < -0.4 is 4.74 Å². The predicted molar refractivity (Wildman–Crippen MR) is 92.4 cm³/mol. The van der Waals surface area contributed by atoms with Crippen LogP contribution in [0.5, 0.6) is 5.75 Å². The van der Waals surface area contributed by atoms with Gasteiger partial charge in [-0.05, 0) is 30.2 Å². The monoisotopic (exact) mass is 358 g/mol. The zero-order valence-electron chi connectivity index (χ0n) is 14.6. The lowest BCUT2D eigenvalue weighted by Crippen LogP contribution is -2.53. The molecule has 0 radical (unpaired) electrons. The van der Waals surface area contributed by atoms with Crippen LogP contribution in [0.1, 0.15) is 43.1 Å². The minimum Gasteiger partial charge on any atom is -0.496 e. The summed E-state index contributed by atoms with van der Waals surface area (Å²) in [5.74, 6) is -0.950. The van der Waals surface area contributed by atoms with E-state index in [2.05, 4.69) is 0 Å². The van der Waals surface area contributed by atoms with Gasteiger partial charge in [0.25, 0.3) is 0 Å². The number of fused-ring (bicyclic) bond motifs is 3. The molecule has 3 aliphatic carbocycles. The number of ether oxygens (including phenoxy) is 1. The quantitative estimate of drug-likeness (QED) is 0.599. The number of Topliss-reactive ketones (excluding diaryl/α,β-unsaturated/α-hetero) is 1. The van der Waals surface area contributed by atoms with Gasteiger partial charge in [-0.2, -0.15) is 0 Å². The van der Waals surface area contributed by atoms with E-state index in [4.69, 9.17) is 4.74 Å². The molecule has 0 saturated carbocycles. The molecule has 0 heterocycles. The molecule has 4 N–H and O–H groups in total. The van der Waals surface area contributed by atoms with Crippen molar-refractivity contribution in [1.82, 2.24) is 0 Å². The van der Waals surface area contributed by atoms with Crippen molar-refractivity contribution < 1.29 is 30.0 Å². The third-order valence-electron chi connectivity index (χ3n) is 5.79. The fourth-order valence-corrected chi connectivity index (χ4v) is 4.65. The standard InChI is InChI=1S/C20H22O6/c1-19(24)8-10-6-7-20(25)16(14(10)12(21)9-19)17(22)11-4-3-5-13(26-2)15(11)18(20)23/h3-7,16-18,22-25H,8-9H2,1-2H3/t16-,17+,18+,19-,20+/m1/s1. The number of allylic oxidation sites excluding steroid dienone is 1. The molecule has 6 nitrogen and oxygen atoms in total. The molecule has 3 aliphatic rings. The topological polar surface area (TPSA) is 107 Å². The smallest absolute Gasteiger partial charge is 0.162 e. The SMILES string of the molecule is COc1cccc2c1[C@H](O)[C@]1(O)C=CC3=C(C(=O)C[C@](C)(O)C3)[C@@H]1[C@H]2O. The molecule has 5 atom stereocenters. The first-order valence-corrected chi connectivity index (χ1v) is 8.63. The summed E-state index contributed by atoms with van der Waals surface area (Å²) in [6, 6.07) is 5.01. The molecule has 0 aliphatic heterocycles. The first-order chi connectivity index (χ1) is 12.2. The van der Waals surface area contributed by atoms with Gasteiger partial charge in [0, 0.05) is 24.0 Å². The summed E-state index contributed by atoms with van der Waals surface area (Å²) in [6.45, 7) is 1.59. The molecule has 0 unspecified atom stereocenters. The number of aliphatic hydroxyl groups is 4. The fraction of sp³-hybridized carbons (Fsp3) is 0.450. The predicted octanol–water partition coefficient (Wildman–Crippen LogP) is 1.10. The molecule has 0 amide bonds. The lowest BCUT2D eigenvalue weighted by atomic mass is 9.60. The summed E-state index contributed by atoms with van der Waals surface area (Å²) in [4.78, 5) is 12.7. The van der Waals surface area contributed by atoms with Gasteiger partial charge in [-0.25, -0.2) is 0 Å². The van der Waals surface area contributed by atoms with Gasteiger partial charge in [0.1, 0.15) is 17.5 Å². The van der Waals surface area contributed by atoms with E-state index in [-0.39, 0.29) is 18.6 Å². The van der Waals surface area contributed by atoms with Crippen molar-refractivity contribution in [3.63, 3.8) is 0 Å². The summed E-state index contributed by atoms with van der Waals surface area (Å²) in [7, 11) is 1.45. The van der Waals surface area contributed by atoms with Crippen molar-refractivity contribution in [2.45, 2.75) is 43.2 Å². The maximum absolute atomic E-state index is 12.7. The van der Waals surface area contributed by atoms with E-state index >= 15 is 0 Å². The highest BCUT2D eigenvalue weighted by molar-refractivity contribution is 5.99. The van der Waals surface area contributed by atoms with Gasteiger partial charge in [-0.15, -0.1) is 0 Å². The number of ketones is 1. The Labute approximate surface area is 151 Å². The van der Waals surface area contributed by atoms with Crippen LogP contribution in [0, 0.1) is 5.92 Å². The van der Waals surface area contributed by atoms with Crippen molar-refractivity contribution >= 4 is 5.78 Å². The number of aliphatic hydroxyl groups excluding tert-OH is 2. The van der Waals surface area contributed by atoms with Crippen LogP contribution in [0.2, 0.25) is 0 Å². The third kappa shape index (κ3) is 2.23. The molecule has 0 aromatic heterocycles. The first kappa shape index (κ1) is 17.4. The van der Waals surface area contributed by atoms with Crippen molar-refractivity contribution in [1.29, 1.82) is 0 Å². The number of hydrogen-bond donors (Lipinski definition) is 4. The third-order valence-corrected chi connectivity index (χ3v) is 5.79. The largest absolute Gasteiger partial charge is 0.496 e. The molecule has 4 rings (SSSR count). The lowest BCUT2D eigenvalue weighted by Gasteiger charge is -2.49. The number of carbonyl (C=O) groups is 1. The Hall–Kier alpha value is -1.99. The highest BCUT2D eigenvalue weighted by atomic mass is 16.5. The lowest BCUT2D eigenvalue weighted by molar-refractivity contribution is -0.135. The molecule has 0 saturated heterocycles. The number of hydrogen-bond acceptors (Lipinski definition) is 6. The summed E-state index contributed by atoms with van der Waals surface area (Å²) in [5.41, 5.74) is -1.35. The Morgan fingerprint density at radius 3 is 2.62 bits per heavy atom. The normalized spacial score (nSPS) is 38.5. The first-order valence-electron chi connectivity index (χ1n) is 8.63. The Balaban J connectivity index is 1.92. The average molecular weight is 358 g/mol. The van der Waals surface area contributed by atoms with Gasteiger partial charge in [-0.1, -0.05) is 18.2 Å². The highest BCUT2D eigenvalue weighted by Crippen LogP contribution is 2.56. The number of methoxy groups -OCH3 is 1. The number of benzene rings is 1. The van der Waals surface area contributed by atoms with Crippen molar-refractivity contribution in [2.24, 2.45) is 5.92 Å². The van der Waals surface area contributed by atoms with Crippen molar-refractivity contribution in [3.8, 4) is 5.75 Å². The highest BCUT2D eigenvalue weighted by Gasteiger charge is 2.57. The van der Waals surface area contributed by atoms with Gasteiger partial charge < -0.3 is 25.2 Å². The Morgan fingerprint density at radius 1 is 1.19 bits per heavy atom. The summed E-state index contributed by atoms with van der Waals surface area (Å²) in [5, 5.41) is 43.6. The van der Waals surface area contributed by atoms with Gasteiger partial charge in [0.2, 0.25) is 0 Å². The van der Waals surface area contributed by atoms with Crippen LogP contribution >= 0.6 is 0 Å². The summed E-state index contributed by atoms with van der Waals surface area (Å²) >= 11 is 0. The minimum atomic E-state index is -1.83. The van der Waals surface area contributed by atoms with Gasteiger partial charge in [0.15, 0.2) is 5.78 Å². The van der Waals surface area contributed by atoms with E-state index in [1.807, 2.05) is 0 Å². The summed E-state index contributed by atoms with van der Waals surface area (Å²) < 4.78 is 5.29. The molecule has 0 bridgehead atoms. The molecule has 0 fully saturated rings. The second kappa shape index (κ2) is 5.50. The van der Waals surface area contributed by atoms with Crippen LogP contribution in [0.4, 0.5) is 0 Å². The average Bonchev–Trinajstić information content (AvgIpc) is 2.58. The Bertz CT molecular complexity index is 852. The fourth-order valence-electron chi connectivity index (χ4n) is 4.65. The second-order valence-electron chi connectivity index (χ2n) is 7.72. The maximum Gasteiger partial charge on any atom is 0.162 e. The minimum absolute atomic E-state index is 0.0833. The van der Waals surface area contributed by atoms with E-state index < -0.39 is 29.3 Å². The van der Waals surface area contributed by atoms with Gasteiger partial charge in [0.05, 0.1) is 24.7 Å². The Morgan fingerprint density at radius 2 is 1.92 bits per heavy atom. The van der Waals surface area contributed by atoms with Crippen molar-refractivity contribution in [2.75, 3.05) is 7.11 Å². The molecular formula is C20H22O6. The zero-order chi connectivity index (χ0) is 18.9. The Kier molecular flexibility index (Phi) is 3.69.